The van der Waals surface area contributed by atoms with E-state index in [-0.39, 0.29) is 5.91 Å². The predicted molar refractivity (Wildman–Crippen MR) is 106 cm³/mol. The Labute approximate surface area is 158 Å². The average Bonchev–Trinajstić information content (AvgIpc) is 2.70. The highest BCUT2D eigenvalue weighted by Gasteiger charge is 2.07. The molecule has 1 amide bonds. The summed E-state index contributed by atoms with van der Waals surface area (Å²) in [5.74, 6) is 1.07. The third-order valence-corrected chi connectivity index (χ3v) is 4.06. The molecule has 0 unspecified atom stereocenters. The van der Waals surface area contributed by atoms with E-state index >= 15 is 0 Å². The number of hydrogen-bond donors (Lipinski definition) is 2. The van der Waals surface area contributed by atoms with Gasteiger partial charge >= 0.3 is 0 Å². The zero-order valence-corrected chi connectivity index (χ0v) is 15.4. The van der Waals surface area contributed by atoms with Crippen molar-refractivity contribution in [2.75, 3.05) is 19.0 Å². The topological polar surface area (TPSA) is 76.1 Å². The zero-order valence-electron chi connectivity index (χ0n) is 15.4. The molecule has 6 heteroatoms. The molecule has 6 nitrogen and oxygen atoms in total. The molecule has 27 heavy (non-hydrogen) atoms. The molecule has 0 atom stereocenters. The van der Waals surface area contributed by atoms with Crippen LogP contribution in [-0.4, -0.2) is 29.5 Å². The van der Waals surface area contributed by atoms with E-state index in [1.807, 2.05) is 55.5 Å². The number of carbonyl (C=O) groups excluding carboxylic acids is 1. The van der Waals surface area contributed by atoms with Gasteiger partial charge in [-0.2, -0.15) is 0 Å². The van der Waals surface area contributed by atoms with Crippen molar-refractivity contribution in [3.63, 3.8) is 0 Å². The summed E-state index contributed by atoms with van der Waals surface area (Å²) in [6, 6.07) is 15.7. The van der Waals surface area contributed by atoms with Gasteiger partial charge in [-0.1, -0.05) is 29.8 Å². The van der Waals surface area contributed by atoms with E-state index in [4.69, 9.17) is 4.74 Å². The van der Waals surface area contributed by atoms with Crippen LogP contribution in [-0.2, 0) is 6.42 Å². The number of aryl methyl sites for hydroxylation is 1. The molecule has 0 saturated carbocycles. The van der Waals surface area contributed by atoms with Gasteiger partial charge in [-0.05, 0) is 43.2 Å². The smallest absolute Gasteiger partial charge is 0.254 e. The summed E-state index contributed by atoms with van der Waals surface area (Å²) in [7, 11) is 1.64. The van der Waals surface area contributed by atoms with Crippen LogP contribution in [0.15, 0.2) is 60.9 Å². The number of nitrogens with one attached hydrogen (secondary N) is 2. The molecule has 0 bridgehead atoms. The average molecular weight is 362 g/mol. The second-order valence-electron chi connectivity index (χ2n) is 6.14. The van der Waals surface area contributed by atoms with Crippen LogP contribution in [0.2, 0.25) is 0 Å². The summed E-state index contributed by atoms with van der Waals surface area (Å²) in [5.41, 5.74) is 3.61. The van der Waals surface area contributed by atoms with Gasteiger partial charge in [-0.25, -0.2) is 9.97 Å². The van der Waals surface area contributed by atoms with Crippen molar-refractivity contribution >= 4 is 17.5 Å². The van der Waals surface area contributed by atoms with Gasteiger partial charge < -0.3 is 15.4 Å². The predicted octanol–water partition coefficient (Wildman–Crippen LogP) is 3.51. The van der Waals surface area contributed by atoms with Crippen molar-refractivity contribution in [3.05, 3.63) is 77.6 Å². The van der Waals surface area contributed by atoms with Crippen LogP contribution >= 0.6 is 0 Å². The highest BCUT2D eigenvalue weighted by atomic mass is 16.5. The third-order valence-electron chi connectivity index (χ3n) is 4.06. The Morgan fingerprint density at radius 2 is 1.81 bits per heavy atom. The molecular formula is C21H22N4O2. The lowest BCUT2D eigenvalue weighted by Gasteiger charge is -2.08. The minimum atomic E-state index is -0.195. The number of carbonyl (C=O) groups is 1. The van der Waals surface area contributed by atoms with Crippen molar-refractivity contribution in [2.45, 2.75) is 13.3 Å². The SMILES string of the molecule is COc1cccc(CCNC(=O)c2cnc(Nc3ccc(C)cc3)nc2)c1. The monoisotopic (exact) mass is 362 g/mol. The van der Waals surface area contributed by atoms with Crippen LogP contribution in [0, 0.1) is 6.92 Å². The number of benzene rings is 2. The summed E-state index contributed by atoms with van der Waals surface area (Å²) < 4.78 is 5.20. The second kappa shape index (κ2) is 8.80. The number of nitrogens with zero attached hydrogens (tertiary/aromatic N) is 2. The molecule has 0 aliphatic carbocycles. The fourth-order valence-electron chi connectivity index (χ4n) is 2.53. The van der Waals surface area contributed by atoms with Crippen LogP contribution in [0.3, 0.4) is 0 Å². The maximum Gasteiger partial charge on any atom is 0.254 e. The Balaban J connectivity index is 1.51. The number of aromatic nitrogens is 2. The van der Waals surface area contributed by atoms with Gasteiger partial charge in [0.15, 0.2) is 0 Å². The molecule has 138 valence electrons. The quantitative estimate of drug-likeness (QED) is 0.673. The molecular weight excluding hydrogens is 340 g/mol. The normalized spacial score (nSPS) is 10.3. The lowest BCUT2D eigenvalue weighted by molar-refractivity contribution is 0.0953. The summed E-state index contributed by atoms with van der Waals surface area (Å²) in [6.07, 6.45) is 3.76. The van der Waals surface area contributed by atoms with Gasteiger partial charge in [0.05, 0.1) is 12.7 Å². The highest BCUT2D eigenvalue weighted by Crippen LogP contribution is 2.14. The van der Waals surface area contributed by atoms with Crippen molar-refractivity contribution in [3.8, 4) is 5.75 Å². The standard InChI is InChI=1S/C21H22N4O2/c1-15-6-8-18(9-7-15)25-21-23-13-17(14-24-21)20(26)22-11-10-16-4-3-5-19(12-16)27-2/h3-9,12-14H,10-11H2,1-2H3,(H,22,26)(H,23,24,25). The van der Waals surface area contributed by atoms with Crippen molar-refractivity contribution in [1.82, 2.24) is 15.3 Å². The molecule has 0 radical (unpaired) electrons. The first-order valence-corrected chi connectivity index (χ1v) is 8.71. The van der Waals surface area contributed by atoms with Gasteiger partial charge in [-0.15, -0.1) is 0 Å². The lowest BCUT2D eigenvalue weighted by Crippen LogP contribution is -2.26. The summed E-state index contributed by atoms with van der Waals surface area (Å²) >= 11 is 0. The van der Waals surface area contributed by atoms with Gasteiger partial charge in [-0.3, -0.25) is 4.79 Å². The van der Waals surface area contributed by atoms with E-state index in [0.717, 1.165) is 23.4 Å². The first kappa shape index (κ1) is 18.4. The fourth-order valence-corrected chi connectivity index (χ4v) is 2.53. The molecule has 2 aromatic carbocycles. The van der Waals surface area contributed by atoms with Gasteiger partial charge in [0.25, 0.3) is 5.91 Å². The summed E-state index contributed by atoms with van der Waals surface area (Å²) in [5, 5.41) is 5.99. The largest absolute Gasteiger partial charge is 0.497 e. The maximum atomic E-state index is 12.2. The van der Waals surface area contributed by atoms with E-state index in [1.165, 1.54) is 18.0 Å². The van der Waals surface area contributed by atoms with E-state index in [2.05, 4.69) is 20.6 Å². The van der Waals surface area contributed by atoms with Crippen LogP contribution in [0.5, 0.6) is 5.75 Å². The Morgan fingerprint density at radius 1 is 1.07 bits per heavy atom. The summed E-state index contributed by atoms with van der Waals surface area (Å²) in [4.78, 5) is 20.6. The number of rotatable bonds is 7. The second-order valence-corrected chi connectivity index (χ2v) is 6.14. The number of amides is 1. The highest BCUT2D eigenvalue weighted by molar-refractivity contribution is 5.93. The molecule has 3 aromatic rings. The first-order valence-electron chi connectivity index (χ1n) is 8.71. The van der Waals surface area contributed by atoms with Crippen LogP contribution in [0.4, 0.5) is 11.6 Å². The Bertz CT molecular complexity index is 893. The Kier molecular flexibility index (Phi) is 5.99. The zero-order chi connectivity index (χ0) is 19.1. The molecule has 0 spiro atoms. The van der Waals surface area contributed by atoms with Crippen molar-refractivity contribution in [1.29, 1.82) is 0 Å². The number of anilines is 2. The molecule has 0 aliphatic rings. The minimum Gasteiger partial charge on any atom is -0.497 e. The number of methoxy groups -OCH3 is 1. The van der Waals surface area contributed by atoms with Gasteiger partial charge in [0, 0.05) is 24.6 Å². The number of ether oxygens (including phenoxy) is 1. The molecule has 1 aromatic heterocycles. The van der Waals surface area contributed by atoms with Crippen molar-refractivity contribution in [2.24, 2.45) is 0 Å². The van der Waals surface area contributed by atoms with E-state index in [9.17, 15) is 4.79 Å². The van der Waals surface area contributed by atoms with Crippen LogP contribution in [0.1, 0.15) is 21.5 Å². The van der Waals surface area contributed by atoms with Crippen LogP contribution in [0.25, 0.3) is 0 Å². The number of hydrogen-bond acceptors (Lipinski definition) is 5. The molecule has 0 saturated heterocycles. The third kappa shape index (κ3) is 5.28. The maximum absolute atomic E-state index is 12.2. The fraction of sp³-hybridized carbons (Fsp3) is 0.190. The molecule has 1 heterocycles. The Morgan fingerprint density at radius 3 is 2.52 bits per heavy atom. The molecule has 0 fully saturated rings. The summed E-state index contributed by atoms with van der Waals surface area (Å²) in [6.45, 7) is 2.55. The molecule has 3 rings (SSSR count). The van der Waals surface area contributed by atoms with E-state index in [0.29, 0.717) is 18.1 Å². The molecule has 2 N–H and O–H groups in total. The Hall–Kier alpha value is -3.41. The van der Waals surface area contributed by atoms with Gasteiger partial charge in [0.1, 0.15) is 5.75 Å². The lowest BCUT2D eigenvalue weighted by atomic mass is 10.1. The first-order chi connectivity index (χ1) is 13.1. The van der Waals surface area contributed by atoms with E-state index < -0.39 is 0 Å². The van der Waals surface area contributed by atoms with Crippen LogP contribution < -0.4 is 15.4 Å². The van der Waals surface area contributed by atoms with Gasteiger partial charge in [0.2, 0.25) is 5.95 Å². The molecule has 0 aliphatic heterocycles. The van der Waals surface area contributed by atoms with E-state index in [1.54, 1.807) is 7.11 Å². The van der Waals surface area contributed by atoms with Crippen molar-refractivity contribution < 1.29 is 9.53 Å². The minimum absolute atomic E-state index is 0.195.